The van der Waals surface area contributed by atoms with Gasteiger partial charge in [0.25, 0.3) is 0 Å². The van der Waals surface area contributed by atoms with E-state index in [4.69, 9.17) is 37.9 Å². The number of fused-ring (bicyclic) bond motifs is 1. The Bertz CT molecular complexity index is 1350. The number of rotatable bonds is 9. The molecule has 0 fully saturated rings. The van der Waals surface area contributed by atoms with Gasteiger partial charge in [-0.3, -0.25) is 0 Å². The van der Waals surface area contributed by atoms with Crippen molar-refractivity contribution < 1.29 is 73.2 Å². The van der Waals surface area contributed by atoms with Crippen LogP contribution in [-0.2, 0) is 35.0 Å². The number of quaternary nitrogens is 1. The Hall–Kier alpha value is -3.50. The Morgan fingerprint density at radius 2 is 0.926 bits per heavy atom. The molecule has 0 aliphatic carbocycles. The first-order valence-corrected chi connectivity index (χ1v) is 19.7. The summed E-state index contributed by atoms with van der Waals surface area (Å²) >= 11 is 0. The minimum atomic E-state index is -10.7. The molecule has 1 aliphatic rings. The number of para-hydroxylation sites is 2. The number of unbranched alkanes of at least 4 members (excludes halogenated alkanes) is 2. The molecule has 3 aromatic carbocycles. The second-order valence-electron chi connectivity index (χ2n) is 11.5. The average molecular weight is 800 g/mol. The molecule has 2 N–H and O–H groups in total. The molecule has 0 radical (unpaired) electrons. The monoisotopic (exact) mass is 799 g/mol. The zero-order valence-corrected chi connectivity index (χ0v) is 31.2. The van der Waals surface area contributed by atoms with Gasteiger partial charge in [-0.2, -0.15) is 0 Å². The van der Waals surface area contributed by atoms with Crippen LogP contribution >= 0.6 is 7.81 Å². The minimum absolute atomic E-state index is 0.226. The fourth-order valence-electron chi connectivity index (χ4n) is 4.36. The third-order valence-electron chi connectivity index (χ3n) is 6.83. The molecular weight excluding hydrogens is 747 g/mol. The maximum atomic E-state index is 11.7. The fraction of sp³-hybridized carbons (Fsp3) is 0.486. The molecule has 10 nitrogen and oxygen atoms in total. The summed E-state index contributed by atoms with van der Waals surface area (Å²) in [4.78, 5) is 11.7. The first kappa shape index (κ1) is 46.7. The number of nitrogens with two attached hydrogens (primary N) is 1. The van der Waals surface area contributed by atoms with Crippen LogP contribution in [0.2, 0.25) is 0 Å². The van der Waals surface area contributed by atoms with Crippen molar-refractivity contribution in [3.8, 4) is 11.5 Å². The average Bonchev–Trinajstić information content (AvgIpc) is 3.13. The summed E-state index contributed by atoms with van der Waals surface area (Å²) in [7, 11) is -10.7. The van der Waals surface area contributed by atoms with Crippen molar-refractivity contribution in [2.45, 2.75) is 25.8 Å². The number of hydrogen-bond acceptors (Lipinski definition) is 9. The van der Waals surface area contributed by atoms with Crippen LogP contribution in [0.25, 0.3) is 0 Å². The van der Waals surface area contributed by atoms with Gasteiger partial charge in [0.1, 0.15) is 19.8 Å². The SMILES string of the molecule is F[P-](F)(F)(F)(F)F.O=C(OCCCCC[NH2+]Cc1ccccc1)c1ccccc1.c1ccc2c(c1)OCCOCCOCCOCCOCCOCCO2. The minimum Gasteiger partial charge on any atom is -0.487 e. The molecule has 0 saturated heterocycles. The van der Waals surface area contributed by atoms with E-state index in [-0.39, 0.29) is 5.97 Å². The topological polar surface area (TPSA) is 108 Å². The molecule has 306 valence electrons. The summed E-state index contributed by atoms with van der Waals surface area (Å²) in [5, 5.41) is 2.32. The number of esters is 1. The number of carbonyl (C=O) groups excluding carboxylic acids is 1. The summed E-state index contributed by atoms with van der Waals surface area (Å²) in [5.41, 5.74) is 1.98. The largest absolute Gasteiger partial charge is 0.487 e. The van der Waals surface area contributed by atoms with Crippen LogP contribution < -0.4 is 14.8 Å². The summed E-state index contributed by atoms with van der Waals surface area (Å²) < 4.78 is 103. The number of halogens is 6. The first-order valence-electron chi connectivity index (χ1n) is 17.7. The Morgan fingerprint density at radius 1 is 0.537 bits per heavy atom. The smallest absolute Gasteiger partial charge is 0.338 e. The van der Waals surface area contributed by atoms with E-state index < -0.39 is 7.81 Å². The predicted molar refractivity (Wildman–Crippen MR) is 193 cm³/mol. The summed E-state index contributed by atoms with van der Waals surface area (Å²) in [6.45, 7) is 8.89. The second kappa shape index (κ2) is 25.6. The number of ether oxygens (including phenoxy) is 8. The molecule has 0 spiro atoms. The van der Waals surface area contributed by atoms with Crippen LogP contribution in [0.4, 0.5) is 25.2 Å². The second-order valence-corrected chi connectivity index (χ2v) is 13.4. The molecule has 4 rings (SSSR count). The van der Waals surface area contributed by atoms with Crippen molar-refractivity contribution in [3.63, 3.8) is 0 Å². The van der Waals surface area contributed by atoms with Crippen molar-refractivity contribution in [2.24, 2.45) is 0 Å². The fourth-order valence-corrected chi connectivity index (χ4v) is 4.36. The van der Waals surface area contributed by atoms with Gasteiger partial charge in [-0.1, -0.05) is 60.7 Å². The van der Waals surface area contributed by atoms with Gasteiger partial charge in [0.2, 0.25) is 0 Å². The molecule has 1 aliphatic heterocycles. The zero-order valence-electron chi connectivity index (χ0n) is 30.3. The van der Waals surface area contributed by atoms with E-state index in [1.807, 2.05) is 48.5 Å². The predicted octanol–water partition coefficient (Wildman–Crippen LogP) is 7.70. The van der Waals surface area contributed by atoms with E-state index in [9.17, 15) is 30.0 Å². The zero-order chi connectivity index (χ0) is 39.3. The molecule has 0 atom stereocenters. The molecule has 0 saturated carbocycles. The molecule has 0 aromatic heterocycles. The van der Waals surface area contributed by atoms with Gasteiger partial charge < -0.3 is 43.2 Å². The van der Waals surface area contributed by atoms with Crippen molar-refractivity contribution in [2.75, 3.05) is 92.4 Å². The number of benzene rings is 3. The van der Waals surface area contributed by atoms with Crippen LogP contribution in [0.15, 0.2) is 84.9 Å². The van der Waals surface area contributed by atoms with E-state index in [0.29, 0.717) is 103 Å². The number of hydrogen-bond donors (Lipinski definition) is 1. The van der Waals surface area contributed by atoms with Gasteiger partial charge in [0.15, 0.2) is 11.5 Å². The third kappa shape index (κ3) is 29.9. The molecule has 0 unspecified atom stereocenters. The van der Waals surface area contributed by atoms with E-state index in [1.54, 1.807) is 12.1 Å². The first-order chi connectivity index (χ1) is 25.8. The van der Waals surface area contributed by atoms with Crippen molar-refractivity contribution >= 4 is 13.8 Å². The normalized spacial score (nSPS) is 16.6. The quantitative estimate of drug-likeness (QED) is 0.101. The molecule has 3 aromatic rings. The Kier molecular flexibility index (Phi) is 22.1. The maximum absolute atomic E-state index is 11.7. The Morgan fingerprint density at radius 3 is 1.37 bits per heavy atom. The van der Waals surface area contributed by atoms with Crippen LogP contribution in [0.3, 0.4) is 0 Å². The summed E-state index contributed by atoms with van der Waals surface area (Å²) in [6, 6.07) is 27.2. The van der Waals surface area contributed by atoms with E-state index in [1.165, 1.54) is 5.56 Å². The third-order valence-corrected chi connectivity index (χ3v) is 6.83. The van der Waals surface area contributed by atoms with Crippen molar-refractivity contribution in [3.05, 3.63) is 96.1 Å². The van der Waals surface area contributed by atoms with Gasteiger partial charge in [-0.05, 0) is 43.5 Å². The van der Waals surface area contributed by atoms with E-state index in [2.05, 4.69) is 29.6 Å². The molecule has 0 amide bonds. The van der Waals surface area contributed by atoms with Crippen LogP contribution in [0.1, 0.15) is 35.2 Å². The van der Waals surface area contributed by atoms with Gasteiger partial charge >= 0.3 is 39.0 Å². The molecule has 1 heterocycles. The molecule has 0 bridgehead atoms. The van der Waals surface area contributed by atoms with E-state index >= 15 is 0 Å². The number of carbonyl (C=O) groups is 1. The Labute approximate surface area is 312 Å². The molecular formula is C37H52F6NO9P. The standard InChI is InChI=1S/C19H23NO2.C18H28O7.F6P/c21-19(18-12-6-2-7-13-18)22-15-9-3-8-14-20-16-17-10-4-1-5-11-17;1-2-4-18-17(3-1)24-15-13-22-11-9-20-7-5-19-6-8-21-10-12-23-14-16-25-18;1-7(2,3,4,5)6/h1-2,4-7,10-13,20H,3,8-9,14-16H2;1-4H,5-16H2;/q;;-1/p+1. The Balaban J connectivity index is 0.000000320. The van der Waals surface area contributed by atoms with Crippen LogP contribution in [-0.4, -0.2) is 98.4 Å². The van der Waals surface area contributed by atoms with Crippen molar-refractivity contribution in [1.82, 2.24) is 0 Å². The van der Waals surface area contributed by atoms with Crippen LogP contribution in [0.5, 0.6) is 11.5 Å². The van der Waals surface area contributed by atoms with Crippen molar-refractivity contribution in [1.29, 1.82) is 0 Å². The summed E-state index contributed by atoms with van der Waals surface area (Å²) in [5.74, 6) is 1.18. The maximum Gasteiger partial charge on any atom is 0.338 e. The summed E-state index contributed by atoms with van der Waals surface area (Å²) in [6.07, 6.45) is 3.17. The van der Waals surface area contributed by atoms with Gasteiger partial charge in [-0.15, -0.1) is 0 Å². The van der Waals surface area contributed by atoms with Gasteiger partial charge in [0.05, 0.1) is 84.8 Å². The molecule has 54 heavy (non-hydrogen) atoms. The van der Waals surface area contributed by atoms with Crippen LogP contribution in [0, 0.1) is 0 Å². The van der Waals surface area contributed by atoms with E-state index in [0.717, 1.165) is 32.4 Å². The molecule has 17 heteroatoms. The van der Waals surface area contributed by atoms with Gasteiger partial charge in [0, 0.05) is 5.56 Å². The van der Waals surface area contributed by atoms with Gasteiger partial charge in [-0.25, -0.2) is 4.79 Å².